The third-order valence-electron chi connectivity index (χ3n) is 4.30. The highest BCUT2D eigenvalue weighted by atomic mass is 16.4. The van der Waals surface area contributed by atoms with Gasteiger partial charge in [-0.1, -0.05) is 6.42 Å². The topological polar surface area (TPSA) is 93.7 Å². The largest absolute Gasteiger partial charge is 0.481 e. The minimum Gasteiger partial charge on any atom is -0.481 e. The predicted octanol–water partition coefficient (Wildman–Crippen LogP) is -0.166. The van der Waals surface area contributed by atoms with Gasteiger partial charge in [-0.3, -0.25) is 4.79 Å². The molecular formula is C14H26N4O3. The molecule has 21 heavy (non-hydrogen) atoms. The van der Waals surface area contributed by atoms with Crippen LogP contribution in [0, 0.1) is 5.92 Å². The van der Waals surface area contributed by atoms with Crippen LogP contribution >= 0.6 is 0 Å². The lowest BCUT2D eigenvalue weighted by Crippen LogP contribution is -2.46. The first-order valence-electron chi connectivity index (χ1n) is 7.87. The number of rotatable bonds is 6. The standard InChI is InChI=1S/C14H26N4O3/c19-13(20)11-3-1-4-12(11)17-14(21)16-5-2-8-18-9-6-15-7-10-18/h11-12,15H,1-10H2,(H,19,20)(H2,16,17,21). The highest BCUT2D eigenvalue weighted by molar-refractivity contribution is 5.76. The molecule has 0 radical (unpaired) electrons. The smallest absolute Gasteiger partial charge is 0.315 e. The molecule has 7 heteroatoms. The van der Waals surface area contributed by atoms with E-state index in [-0.39, 0.29) is 12.1 Å². The van der Waals surface area contributed by atoms with E-state index in [1.807, 2.05) is 0 Å². The summed E-state index contributed by atoms with van der Waals surface area (Å²) in [6.07, 6.45) is 3.19. The molecule has 1 saturated carbocycles. The third kappa shape index (κ3) is 5.17. The SMILES string of the molecule is O=C(NCCCN1CCNCC1)NC1CCCC1C(=O)O. The van der Waals surface area contributed by atoms with Crippen LogP contribution in [0.3, 0.4) is 0 Å². The van der Waals surface area contributed by atoms with Crippen LogP contribution in [0.15, 0.2) is 0 Å². The molecule has 2 fully saturated rings. The Morgan fingerprint density at radius 1 is 1.24 bits per heavy atom. The molecule has 1 heterocycles. The molecular weight excluding hydrogens is 272 g/mol. The first kappa shape index (κ1) is 16.0. The monoisotopic (exact) mass is 298 g/mol. The van der Waals surface area contributed by atoms with E-state index >= 15 is 0 Å². The summed E-state index contributed by atoms with van der Waals surface area (Å²) >= 11 is 0. The van der Waals surface area contributed by atoms with Gasteiger partial charge in [0.1, 0.15) is 0 Å². The Bertz CT molecular complexity index is 358. The lowest BCUT2D eigenvalue weighted by atomic mass is 10.0. The molecule has 0 aromatic rings. The second-order valence-electron chi connectivity index (χ2n) is 5.83. The quantitative estimate of drug-likeness (QED) is 0.511. The second kappa shape index (κ2) is 8.19. The van der Waals surface area contributed by atoms with Crippen molar-refractivity contribution in [2.24, 2.45) is 5.92 Å². The van der Waals surface area contributed by atoms with Crippen molar-refractivity contribution in [3.8, 4) is 0 Å². The Kier molecular flexibility index (Phi) is 6.25. The van der Waals surface area contributed by atoms with E-state index in [0.29, 0.717) is 13.0 Å². The van der Waals surface area contributed by atoms with Crippen LogP contribution in [0.25, 0.3) is 0 Å². The molecule has 0 aromatic heterocycles. The first-order valence-corrected chi connectivity index (χ1v) is 7.87. The number of carbonyl (C=O) groups excluding carboxylic acids is 1. The molecule has 4 N–H and O–H groups in total. The van der Waals surface area contributed by atoms with E-state index in [1.165, 1.54) is 0 Å². The van der Waals surface area contributed by atoms with E-state index in [0.717, 1.165) is 52.0 Å². The Balaban J connectivity index is 1.58. The zero-order valence-corrected chi connectivity index (χ0v) is 12.4. The number of piperazine rings is 1. The second-order valence-corrected chi connectivity index (χ2v) is 5.83. The zero-order chi connectivity index (χ0) is 15.1. The summed E-state index contributed by atoms with van der Waals surface area (Å²) in [7, 11) is 0. The molecule has 120 valence electrons. The molecule has 0 aromatic carbocycles. The number of nitrogens with zero attached hydrogens (tertiary/aromatic N) is 1. The number of carbonyl (C=O) groups is 2. The average molecular weight is 298 g/mol. The van der Waals surface area contributed by atoms with Crippen LogP contribution in [-0.4, -0.2) is 67.3 Å². The molecule has 7 nitrogen and oxygen atoms in total. The van der Waals surface area contributed by atoms with Gasteiger partial charge >= 0.3 is 12.0 Å². The number of hydrogen-bond donors (Lipinski definition) is 4. The van der Waals surface area contributed by atoms with Gasteiger partial charge in [0.2, 0.25) is 0 Å². The summed E-state index contributed by atoms with van der Waals surface area (Å²) in [5.74, 6) is -1.24. The molecule has 0 bridgehead atoms. The van der Waals surface area contributed by atoms with Crippen LogP contribution in [0.5, 0.6) is 0 Å². The number of nitrogens with one attached hydrogen (secondary N) is 3. The summed E-state index contributed by atoms with van der Waals surface area (Å²) in [6, 6.07) is -0.468. The Hall–Kier alpha value is -1.34. The van der Waals surface area contributed by atoms with Gasteiger partial charge in [0, 0.05) is 38.8 Å². The van der Waals surface area contributed by atoms with Crippen molar-refractivity contribution in [2.75, 3.05) is 39.3 Å². The van der Waals surface area contributed by atoms with Gasteiger partial charge in [-0.25, -0.2) is 4.79 Å². The normalized spacial score (nSPS) is 26.5. The van der Waals surface area contributed by atoms with Gasteiger partial charge in [0.05, 0.1) is 5.92 Å². The van der Waals surface area contributed by atoms with Crippen LogP contribution in [-0.2, 0) is 4.79 Å². The number of amides is 2. The molecule has 1 aliphatic heterocycles. The molecule has 2 unspecified atom stereocenters. The molecule has 2 aliphatic rings. The van der Waals surface area contributed by atoms with E-state index < -0.39 is 11.9 Å². The Morgan fingerprint density at radius 2 is 2.00 bits per heavy atom. The maximum atomic E-state index is 11.8. The Labute approximate surface area is 125 Å². The molecule has 2 atom stereocenters. The minimum atomic E-state index is -0.809. The highest BCUT2D eigenvalue weighted by Crippen LogP contribution is 2.25. The first-order chi connectivity index (χ1) is 10.2. The van der Waals surface area contributed by atoms with Gasteiger partial charge in [-0.2, -0.15) is 0 Å². The minimum absolute atomic E-state index is 0.226. The number of carboxylic acids is 1. The molecule has 1 aliphatic carbocycles. The zero-order valence-electron chi connectivity index (χ0n) is 12.4. The van der Waals surface area contributed by atoms with Crippen molar-refractivity contribution < 1.29 is 14.7 Å². The van der Waals surface area contributed by atoms with Crippen LogP contribution in [0.1, 0.15) is 25.7 Å². The van der Waals surface area contributed by atoms with Crippen molar-refractivity contribution in [3.63, 3.8) is 0 Å². The van der Waals surface area contributed by atoms with Gasteiger partial charge in [0.15, 0.2) is 0 Å². The summed E-state index contributed by atoms with van der Waals surface area (Å²) in [6.45, 7) is 5.81. The fourth-order valence-corrected chi connectivity index (χ4v) is 3.09. The fraction of sp³-hybridized carbons (Fsp3) is 0.857. The van der Waals surface area contributed by atoms with Crippen molar-refractivity contribution in [1.82, 2.24) is 20.9 Å². The molecule has 2 amide bonds. The van der Waals surface area contributed by atoms with Gasteiger partial charge in [0.25, 0.3) is 0 Å². The van der Waals surface area contributed by atoms with Gasteiger partial charge < -0.3 is 26.0 Å². The number of carboxylic acid groups (broad SMARTS) is 1. The lowest BCUT2D eigenvalue weighted by Gasteiger charge is -2.27. The van der Waals surface area contributed by atoms with Crippen LogP contribution in [0.4, 0.5) is 4.79 Å². The average Bonchev–Trinajstić information content (AvgIpc) is 2.93. The highest BCUT2D eigenvalue weighted by Gasteiger charge is 2.33. The van der Waals surface area contributed by atoms with Crippen molar-refractivity contribution >= 4 is 12.0 Å². The number of urea groups is 1. The van der Waals surface area contributed by atoms with Crippen molar-refractivity contribution in [3.05, 3.63) is 0 Å². The third-order valence-corrected chi connectivity index (χ3v) is 4.30. The summed E-state index contributed by atoms with van der Waals surface area (Å²) < 4.78 is 0. The van der Waals surface area contributed by atoms with E-state index in [4.69, 9.17) is 5.11 Å². The maximum Gasteiger partial charge on any atom is 0.315 e. The summed E-state index contributed by atoms with van der Waals surface area (Å²) in [5, 5.41) is 18.0. The number of hydrogen-bond acceptors (Lipinski definition) is 4. The number of aliphatic carboxylic acids is 1. The van der Waals surface area contributed by atoms with E-state index in [1.54, 1.807) is 0 Å². The van der Waals surface area contributed by atoms with Crippen molar-refractivity contribution in [1.29, 1.82) is 0 Å². The fourth-order valence-electron chi connectivity index (χ4n) is 3.09. The van der Waals surface area contributed by atoms with E-state index in [9.17, 15) is 9.59 Å². The van der Waals surface area contributed by atoms with E-state index in [2.05, 4.69) is 20.9 Å². The van der Waals surface area contributed by atoms with Gasteiger partial charge in [-0.15, -0.1) is 0 Å². The Morgan fingerprint density at radius 3 is 2.71 bits per heavy atom. The van der Waals surface area contributed by atoms with Gasteiger partial charge in [-0.05, 0) is 25.8 Å². The lowest BCUT2D eigenvalue weighted by molar-refractivity contribution is -0.142. The maximum absolute atomic E-state index is 11.8. The summed E-state index contributed by atoms with van der Waals surface area (Å²) in [5.41, 5.74) is 0. The molecule has 0 spiro atoms. The van der Waals surface area contributed by atoms with Crippen molar-refractivity contribution in [2.45, 2.75) is 31.7 Å². The molecule has 2 rings (SSSR count). The molecule has 1 saturated heterocycles. The predicted molar refractivity (Wildman–Crippen MR) is 79.2 cm³/mol. The van der Waals surface area contributed by atoms with Crippen LogP contribution in [0.2, 0.25) is 0 Å². The summed E-state index contributed by atoms with van der Waals surface area (Å²) in [4.78, 5) is 25.2. The van der Waals surface area contributed by atoms with Crippen LogP contribution < -0.4 is 16.0 Å².